The molecule has 27 heavy (non-hydrogen) atoms. The number of ether oxygens (including phenoxy) is 2. The van der Waals surface area contributed by atoms with Gasteiger partial charge in [-0.25, -0.2) is 0 Å². The first-order chi connectivity index (χ1) is 13.0. The quantitative estimate of drug-likeness (QED) is 0.772. The van der Waals surface area contributed by atoms with Crippen molar-refractivity contribution in [2.45, 2.75) is 39.5 Å². The number of hydrogen-bond acceptors (Lipinski definition) is 4. The minimum absolute atomic E-state index is 0.0973. The van der Waals surface area contributed by atoms with Gasteiger partial charge in [-0.2, -0.15) is 0 Å². The summed E-state index contributed by atoms with van der Waals surface area (Å²) in [5.41, 5.74) is 4.23. The van der Waals surface area contributed by atoms with E-state index in [1.54, 1.807) is 6.07 Å². The van der Waals surface area contributed by atoms with Crippen LogP contribution in [-0.2, 0) is 4.79 Å². The third-order valence-corrected chi connectivity index (χ3v) is 4.62. The molecule has 2 aromatic carbocycles. The highest BCUT2D eigenvalue weighted by molar-refractivity contribution is 5.94. The van der Waals surface area contributed by atoms with E-state index < -0.39 is 0 Å². The SMILES string of the molecule is CC(C)c1cccc(C(C)C)c1NCC(=O)Nc1ccc2c(c1)OCCO2. The van der Waals surface area contributed by atoms with E-state index in [0.717, 1.165) is 5.69 Å². The van der Waals surface area contributed by atoms with Crippen molar-refractivity contribution in [2.75, 3.05) is 30.4 Å². The van der Waals surface area contributed by atoms with Gasteiger partial charge in [0.25, 0.3) is 0 Å². The highest BCUT2D eigenvalue weighted by atomic mass is 16.6. The molecular weight excluding hydrogens is 340 g/mol. The molecule has 144 valence electrons. The number of carbonyl (C=O) groups is 1. The molecule has 0 unspecified atom stereocenters. The molecule has 0 fully saturated rings. The fraction of sp³-hybridized carbons (Fsp3) is 0.409. The van der Waals surface area contributed by atoms with Crippen molar-refractivity contribution < 1.29 is 14.3 Å². The fourth-order valence-electron chi connectivity index (χ4n) is 3.25. The number of fused-ring (bicyclic) bond motifs is 1. The molecule has 2 aromatic rings. The van der Waals surface area contributed by atoms with Gasteiger partial charge in [-0.15, -0.1) is 0 Å². The highest BCUT2D eigenvalue weighted by Gasteiger charge is 2.16. The molecule has 0 atom stereocenters. The van der Waals surface area contributed by atoms with Gasteiger partial charge in [-0.1, -0.05) is 45.9 Å². The number of rotatable bonds is 6. The lowest BCUT2D eigenvalue weighted by Crippen LogP contribution is -2.23. The van der Waals surface area contributed by atoms with Crippen LogP contribution < -0.4 is 20.1 Å². The number of carbonyl (C=O) groups excluding carboxylic acids is 1. The van der Waals surface area contributed by atoms with E-state index in [-0.39, 0.29) is 12.5 Å². The van der Waals surface area contributed by atoms with Crippen molar-refractivity contribution in [3.8, 4) is 11.5 Å². The Morgan fingerprint density at radius 2 is 1.59 bits per heavy atom. The Hall–Kier alpha value is -2.69. The maximum atomic E-state index is 12.5. The number of hydrogen-bond donors (Lipinski definition) is 2. The maximum Gasteiger partial charge on any atom is 0.243 e. The zero-order valence-corrected chi connectivity index (χ0v) is 16.5. The van der Waals surface area contributed by atoms with Crippen molar-refractivity contribution in [3.63, 3.8) is 0 Å². The predicted octanol–water partition coefficient (Wildman–Crippen LogP) is 4.76. The van der Waals surface area contributed by atoms with Crippen LogP contribution in [0.5, 0.6) is 11.5 Å². The number of nitrogens with one attached hydrogen (secondary N) is 2. The van der Waals surface area contributed by atoms with E-state index in [1.807, 2.05) is 12.1 Å². The molecule has 0 radical (unpaired) electrons. The van der Waals surface area contributed by atoms with Crippen LogP contribution in [0.15, 0.2) is 36.4 Å². The maximum absolute atomic E-state index is 12.5. The second-order valence-corrected chi connectivity index (χ2v) is 7.38. The molecule has 1 heterocycles. The summed E-state index contributed by atoms with van der Waals surface area (Å²) in [6.45, 7) is 9.95. The van der Waals surface area contributed by atoms with Crippen LogP contribution in [0.25, 0.3) is 0 Å². The number of amides is 1. The molecule has 0 bridgehead atoms. The van der Waals surface area contributed by atoms with E-state index in [0.29, 0.717) is 42.2 Å². The van der Waals surface area contributed by atoms with Crippen molar-refractivity contribution >= 4 is 17.3 Å². The van der Waals surface area contributed by atoms with Crippen LogP contribution >= 0.6 is 0 Å². The summed E-state index contributed by atoms with van der Waals surface area (Å²) in [4.78, 5) is 12.5. The topological polar surface area (TPSA) is 59.6 Å². The summed E-state index contributed by atoms with van der Waals surface area (Å²) < 4.78 is 11.1. The summed E-state index contributed by atoms with van der Waals surface area (Å²) in [6, 6.07) is 11.8. The average Bonchev–Trinajstić information content (AvgIpc) is 2.65. The van der Waals surface area contributed by atoms with Gasteiger partial charge in [0.15, 0.2) is 11.5 Å². The molecule has 0 saturated carbocycles. The smallest absolute Gasteiger partial charge is 0.243 e. The van der Waals surface area contributed by atoms with Crippen LogP contribution in [0.2, 0.25) is 0 Å². The van der Waals surface area contributed by atoms with E-state index >= 15 is 0 Å². The Balaban J connectivity index is 1.69. The third kappa shape index (κ3) is 4.54. The van der Waals surface area contributed by atoms with Crippen LogP contribution in [0.3, 0.4) is 0 Å². The Morgan fingerprint density at radius 1 is 0.963 bits per heavy atom. The number of benzene rings is 2. The molecule has 0 aromatic heterocycles. The zero-order chi connectivity index (χ0) is 19.4. The van der Waals surface area contributed by atoms with Gasteiger partial charge >= 0.3 is 0 Å². The van der Waals surface area contributed by atoms with Gasteiger partial charge in [0.05, 0.1) is 6.54 Å². The molecule has 1 amide bonds. The Labute approximate surface area is 161 Å². The second-order valence-electron chi connectivity index (χ2n) is 7.38. The monoisotopic (exact) mass is 368 g/mol. The summed E-state index contributed by atoms with van der Waals surface area (Å²) >= 11 is 0. The highest BCUT2D eigenvalue weighted by Crippen LogP contribution is 2.33. The predicted molar refractivity (Wildman–Crippen MR) is 109 cm³/mol. The molecule has 5 nitrogen and oxygen atoms in total. The standard InChI is InChI=1S/C22H28N2O3/c1-14(2)17-6-5-7-18(15(3)4)22(17)23-13-21(25)24-16-8-9-19-20(12-16)27-11-10-26-19/h5-9,12,14-15,23H,10-11,13H2,1-4H3,(H,24,25). The van der Waals surface area contributed by atoms with Gasteiger partial charge in [0, 0.05) is 17.4 Å². The fourth-order valence-corrected chi connectivity index (χ4v) is 3.25. The van der Waals surface area contributed by atoms with E-state index in [9.17, 15) is 4.79 Å². The molecule has 1 aliphatic heterocycles. The lowest BCUT2D eigenvalue weighted by molar-refractivity contribution is -0.114. The van der Waals surface area contributed by atoms with Crippen molar-refractivity contribution in [3.05, 3.63) is 47.5 Å². The first-order valence-corrected chi connectivity index (χ1v) is 9.52. The molecule has 0 spiro atoms. The summed E-state index contributed by atoms with van der Waals surface area (Å²) in [5.74, 6) is 2.04. The molecule has 2 N–H and O–H groups in total. The van der Waals surface area contributed by atoms with Crippen molar-refractivity contribution in [1.82, 2.24) is 0 Å². The first-order valence-electron chi connectivity index (χ1n) is 9.52. The summed E-state index contributed by atoms with van der Waals surface area (Å²) in [7, 11) is 0. The molecule has 5 heteroatoms. The minimum Gasteiger partial charge on any atom is -0.486 e. The summed E-state index contributed by atoms with van der Waals surface area (Å²) in [6.07, 6.45) is 0. The van der Waals surface area contributed by atoms with Gasteiger partial charge in [-0.05, 0) is 35.1 Å². The molecule has 1 aliphatic rings. The second kappa shape index (κ2) is 8.33. The summed E-state index contributed by atoms with van der Waals surface area (Å²) in [5, 5.41) is 6.28. The largest absolute Gasteiger partial charge is 0.486 e. The van der Waals surface area contributed by atoms with Crippen LogP contribution in [0.1, 0.15) is 50.7 Å². The number of para-hydroxylation sites is 1. The van der Waals surface area contributed by atoms with E-state index in [1.165, 1.54) is 11.1 Å². The lowest BCUT2D eigenvalue weighted by atomic mass is 9.92. The Morgan fingerprint density at radius 3 is 2.22 bits per heavy atom. The van der Waals surface area contributed by atoms with Crippen molar-refractivity contribution in [1.29, 1.82) is 0 Å². The molecule has 0 saturated heterocycles. The first kappa shape index (κ1) is 19.1. The van der Waals surface area contributed by atoms with E-state index in [2.05, 4.69) is 56.5 Å². The molecule has 3 rings (SSSR count). The van der Waals surface area contributed by atoms with Crippen LogP contribution in [0.4, 0.5) is 11.4 Å². The average molecular weight is 368 g/mol. The lowest BCUT2D eigenvalue weighted by Gasteiger charge is -2.21. The van der Waals surface area contributed by atoms with Crippen molar-refractivity contribution in [2.24, 2.45) is 0 Å². The normalized spacial score (nSPS) is 13.0. The molecule has 0 aliphatic carbocycles. The van der Waals surface area contributed by atoms with Gasteiger partial charge in [0.1, 0.15) is 13.2 Å². The van der Waals surface area contributed by atoms with Crippen LogP contribution in [-0.4, -0.2) is 25.7 Å². The molecular formula is C22H28N2O3. The van der Waals surface area contributed by atoms with Crippen LogP contribution in [0, 0.1) is 0 Å². The third-order valence-electron chi connectivity index (χ3n) is 4.62. The number of anilines is 2. The Kier molecular flexibility index (Phi) is 5.89. The zero-order valence-electron chi connectivity index (χ0n) is 16.5. The van der Waals surface area contributed by atoms with Gasteiger partial charge < -0.3 is 20.1 Å². The van der Waals surface area contributed by atoms with Gasteiger partial charge in [-0.3, -0.25) is 4.79 Å². The Bertz CT molecular complexity index is 789. The van der Waals surface area contributed by atoms with E-state index in [4.69, 9.17) is 9.47 Å². The van der Waals surface area contributed by atoms with Gasteiger partial charge in [0.2, 0.25) is 5.91 Å². The minimum atomic E-state index is -0.0973.